The third kappa shape index (κ3) is 5.43. The molecule has 2 N–H and O–H groups in total. The van der Waals surface area contributed by atoms with Gasteiger partial charge in [0.15, 0.2) is 11.6 Å². The Labute approximate surface area is 251 Å². The van der Waals surface area contributed by atoms with E-state index in [0.717, 1.165) is 60.8 Å². The summed E-state index contributed by atoms with van der Waals surface area (Å²) in [5, 5.41) is 6.45. The number of halogens is 2. The van der Waals surface area contributed by atoms with E-state index in [2.05, 4.69) is 26.6 Å². The molecule has 0 atom stereocenters. The molecule has 1 saturated carbocycles. The number of anilines is 3. The van der Waals surface area contributed by atoms with Gasteiger partial charge in [-0.3, -0.25) is 14.6 Å². The second-order valence-electron chi connectivity index (χ2n) is 11.6. The number of pyridine rings is 1. The second kappa shape index (κ2) is 10.9. The van der Waals surface area contributed by atoms with Crippen molar-refractivity contribution >= 4 is 49.7 Å². The molecule has 11 heteroatoms. The predicted molar refractivity (Wildman–Crippen MR) is 161 cm³/mol. The smallest absolute Gasteiger partial charge is 0.240 e. The molecule has 1 aliphatic carbocycles. The van der Waals surface area contributed by atoms with E-state index in [1.54, 1.807) is 29.7 Å². The van der Waals surface area contributed by atoms with Gasteiger partial charge < -0.3 is 25.0 Å². The normalized spacial score (nSPS) is 18.5. The number of rotatable bonds is 7. The van der Waals surface area contributed by atoms with Crippen molar-refractivity contribution < 1.29 is 27.8 Å². The summed E-state index contributed by atoms with van der Waals surface area (Å²) in [6.07, 6.45) is 5.69. The molecule has 2 aliphatic heterocycles. The van der Waals surface area contributed by atoms with Crippen molar-refractivity contribution in [1.82, 2.24) is 4.98 Å². The topological polar surface area (TPSA) is 92.8 Å². The van der Waals surface area contributed by atoms with E-state index >= 15 is 4.39 Å². The Balaban J connectivity index is 1.03. The summed E-state index contributed by atoms with van der Waals surface area (Å²) in [6, 6.07) is 13.3. The number of aromatic nitrogens is 1. The summed E-state index contributed by atoms with van der Waals surface area (Å²) in [5.74, 6) is -1.56. The zero-order valence-corrected chi connectivity index (χ0v) is 24.1. The van der Waals surface area contributed by atoms with Gasteiger partial charge in [0.2, 0.25) is 11.8 Å². The van der Waals surface area contributed by atoms with Crippen LogP contribution in [-0.4, -0.2) is 43.1 Å². The number of carbonyl (C=O) groups excluding carboxylic acids is 2. The highest BCUT2D eigenvalue weighted by atomic mass is 32.1. The molecular formula is C32H30F2N4O4S. The maximum atomic E-state index is 15.2. The van der Waals surface area contributed by atoms with Crippen LogP contribution in [-0.2, 0) is 14.3 Å². The van der Waals surface area contributed by atoms with Crippen molar-refractivity contribution in [1.29, 1.82) is 0 Å². The van der Waals surface area contributed by atoms with Crippen LogP contribution in [0.1, 0.15) is 32.1 Å². The molecule has 8 nitrogen and oxygen atoms in total. The molecular weight excluding hydrogens is 574 g/mol. The maximum absolute atomic E-state index is 15.2. The minimum atomic E-state index is -1.25. The zero-order valence-electron chi connectivity index (χ0n) is 23.3. The van der Waals surface area contributed by atoms with Crippen molar-refractivity contribution in [3.63, 3.8) is 0 Å². The predicted octanol–water partition coefficient (Wildman–Crippen LogP) is 6.73. The molecule has 0 radical (unpaired) electrons. The summed E-state index contributed by atoms with van der Waals surface area (Å²) in [6.45, 7) is 3.62. The molecule has 1 spiro atoms. The molecule has 4 aromatic rings. The molecule has 3 aliphatic rings. The molecule has 43 heavy (non-hydrogen) atoms. The third-order valence-corrected chi connectivity index (χ3v) is 10.00. The lowest BCUT2D eigenvalue weighted by Gasteiger charge is -2.33. The first kappa shape index (κ1) is 27.7. The van der Waals surface area contributed by atoms with E-state index in [0.29, 0.717) is 29.7 Å². The first-order chi connectivity index (χ1) is 20.8. The van der Waals surface area contributed by atoms with Gasteiger partial charge in [0.05, 0.1) is 15.2 Å². The Kier molecular flexibility index (Phi) is 7.01. The van der Waals surface area contributed by atoms with E-state index in [9.17, 15) is 14.0 Å². The highest BCUT2D eigenvalue weighted by molar-refractivity contribution is 7.23. The van der Waals surface area contributed by atoms with Crippen molar-refractivity contribution in [2.24, 2.45) is 10.8 Å². The summed E-state index contributed by atoms with van der Waals surface area (Å²) < 4.78 is 40.8. The summed E-state index contributed by atoms with van der Waals surface area (Å²) in [7, 11) is 0. The molecule has 2 saturated heterocycles. The number of nitrogens with one attached hydrogen (secondary N) is 2. The molecule has 3 fully saturated rings. The number of amides is 2. The van der Waals surface area contributed by atoms with Crippen LogP contribution >= 0.6 is 11.3 Å². The van der Waals surface area contributed by atoms with Crippen LogP contribution in [0.5, 0.6) is 11.5 Å². The number of fused-ring (bicyclic) bond motifs is 1. The van der Waals surface area contributed by atoms with E-state index < -0.39 is 28.9 Å². The van der Waals surface area contributed by atoms with Crippen molar-refractivity contribution in [2.45, 2.75) is 32.1 Å². The van der Waals surface area contributed by atoms with Crippen molar-refractivity contribution in [3.8, 4) is 11.5 Å². The van der Waals surface area contributed by atoms with Gasteiger partial charge in [-0.2, -0.15) is 0 Å². The Hall–Kier alpha value is -4.09. The molecule has 0 bridgehead atoms. The molecule has 2 amide bonds. The average Bonchev–Trinajstić information content (AvgIpc) is 3.56. The summed E-state index contributed by atoms with van der Waals surface area (Å²) in [5.41, 5.74) is 0.463. The van der Waals surface area contributed by atoms with Crippen LogP contribution < -0.4 is 20.3 Å². The van der Waals surface area contributed by atoms with Crippen LogP contribution in [0.3, 0.4) is 0 Å². The van der Waals surface area contributed by atoms with E-state index in [1.807, 2.05) is 0 Å². The fraction of sp³-hybridized carbons (Fsp3) is 0.344. The SMILES string of the molecule is O=C(Nc1ccc(F)cc1)C1(C(=O)Nc2ccc(Oc3ccnc4cc(N5CCC6(CCOCC6)C5)sc34)c(F)c2)CC1. The molecule has 7 rings (SSSR count). The summed E-state index contributed by atoms with van der Waals surface area (Å²) >= 11 is 1.59. The van der Waals surface area contributed by atoms with Crippen molar-refractivity contribution in [3.05, 3.63) is 72.4 Å². The lowest BCUT2D eigenvalue weighted by Crippen LogP contribution is -2.35. The average molecular weight is 605 g/mol. The van der Waals surface area contributed by atoms with Gasteiger partial charge in [-0.25, -0.2) is 8.78 Å². The number of hydrogen-bond donors (Lipinski definition) is 2. The number of thiophene rings is 1. The lowest BCUT2D eigenvalue weighted by atomic mass is 9.80. The Morgan fingerprint density at radius 3 is 2.33 bits per heavy atom. The highest BCUT2D eigenvalue weighted by Gasteiger charge is 2.56. The lowest BCUT2D eigenvalue weighted by molar-refractivity contribution is -0.131. The van der Waals surface area contributed by atoms with Gasteiger partial charge in [-0.1, -0.05) is 0 Å². The number of ether oxygens (including phenoxy) is 2. The Morgan fingerprint density at radius 1 is 0.884 bits per heavy atom. The molecule has 4 heterocycles. The zero-order chi connectivity index (χ0) is 29.6. The molecule has 0 unspecified atom stereocenters. The van der Waals surface area contributed by atoms with Crippen LogP contribution in [0.4, 0.5) is 25.2 Å². The fourth-order valence-corrected chi connectivity index (χ4v) is 7.06. The monoisotopic (exact) mass is 604 g/mol. The Morgan fingerprint density at radius 2 is 1.60 bits per heavy atom. The van der Waals surface area contributed by atoms with Gasteiger partial charge in [0.25, 0.3) is 0 Å². The van der Waals surface area contributed by atoms with E-state index in [4.69, 9.17) is 9.47 Å². The fourth-order valence-electron chi connectivity index (χ4n) is 5.97. The van der Waals surface area contributed by atoms with Crippen LogP contribution in [0.25, 0.3) is 10.2 Å². The largest absolute Gasteiger partial charge is 0.453 e. The minimum absolute atomic E-state index is 0.0120. The number of nitrogens with zero attached hydrogens (tertiary/aromatic N) is 2. The maximum Gasteiger partial charge on any atom is 0.240 e. The number of carbonyl (C=O) groups is 2. The number of hydrogen-bond acceptors (Lipinski definition) is 7. The van der Waals surface area contributed by atoms with Gasteiger partial charge in [-0.05, 0) is 80.0 Å². The molecule has 2 aromatic heterocycles. The van der Waals surface area contributed by atoms with Gasteiger partial charge in [0.1, 0.15) is 17.0 Å². The quantitative estimate of drug-likeness (QED) is 0.227. The Bertz CT molecular complexity index is 1700. The van der Waals surface area contributed by atoms with E-state index in [1.165, 1.54) is 36.4 Å². The van der Waals surface area contributed by atoms with Crippen molar-refractivity contribution in [2.75, 3.05) is 41.8 Å². The minimum Gasteiger partial charge on any atom is -0.453 e. The van der Waals surface area contributed by atoms with Crippen LogP contribution in [0.15, 0.2) is 60.8 Å². The second-order valence-corrected chi connectivity index (χ2v) is 12.7. The number of benzene rings is 2. The van der Waals surface area contributed by atoms with Gasteiger partial charge in [0, 0.05) is 56.0 Å². The first-order valence-corrected chi connectivity index (χ1v) is 15.2. The molecule has 2 aromatic carbocycles. The highest BCUT2D eigenvalue weighted by Crippen LogP contribution is 2.48. The molecule has 222 valence electrons. The summed E-state index contributed by atoms with van der Waals surface area (Å²) in [4.78, 5) is 32.8. The van der Waals surface area contributed by atoms with Gasteiger partial charge >= 0.3 is 0 Å². The van der Waals surface area contributed by atoms with Crippen LogP contribution in [0.2, 0.25) is 0 Å². The standard InChI is InChI=1S/C32H30F2N4O4S/c33-20-1-3-21(4-2-20)36-29(39)32(8-9-32)30(40)37-22-5-6-25(23(34)17-22)42-26-7-13-35-24-18-27(43-28(24)26)38-14-10-31(19-38)11-15-41-16-12-31/h1-7,13,17-18H,8-12,14-16,19H2,(H,36,39)(H,37,40). The van der Waals surface area contributed by atoms with Gasteiger partial charge in [-0.15, -0.1) is 11.3 Å². The van der Waals surface area contributed by atoms with Crippen LogP contribution in [0, 0.1) is 22.5 Å². The first-order valence-electron chi connectivity index (χ1n) is 14.4. The van der Waals surface area contributed by atoms with E-state index in [-0.39, 0.29) is 11.4 Å². The third-order valence-electron chi connectivity index (χ3n) is 8.80.